The normalized spacial score (nSPS) is 11.2. The van der Waals surface area contributed by atoms with E-state index in [1.807, 2.05) is 51.1 Å². The first-order chi connectivity index (χ1) is 7.25. The number of hydrogen-bond donors (Lipinski definition) is 1. The third kappa shape index (κ3) is 4.75. The number of ketones is 1. The predicted molar refractivity (Wildman–Crippen MR) is 64.9 cm³/mol. The molecule has 0 fully saturated rings. The fraction of sp³-hybridized carbons (Fsp3) is 0.462. The Balaban J connectivity index is 0.000000921. The minimum Gasteiger partial charge on any atom is -0.304 e. The smallest absolute Gasteiger partial charge is 0.151 e. The van der Waals surface area contributed by atoms with Gasteiger partial charge in [-0.15, -0.1) is 0 Å². The SMILES string of the molecule is CC.CCNC(C(C)=O)c1ccccc1. The predicted octanol–water partition coefficient (Wildman–Crippen LogP) is 2.95. The van der Waals surface area contributed by atoms with Crippen LogP contribution in [0.2, 0.25) is 0 Å². The van der Waals surface area contributed by atoms with Crippen LogP contribution in [-0.2, 0) is 4.79 Å². The summed E-state index contributed by atoms with van der Waals surface area (Å²) in [5.74, 6) is 0.160. The molecule has 0 aliphatic carbocycles. The molecule has 1 N–H and O–H groups in total. The van der Waals surface area contributed by atoms with E-state index in [0.717, 1.165) is 12.1 Å². The number of carbonyl (C=O) groups excluding carboxylic acids is 1. The van der Waals surface area contributed by atoms with Crippen molar-refractivity contribution in [1.29, 1.82) is 0 Å². The standard InChI is InChI=1S/C11H15NO.C2H6/c1-3-12-11(9(2)13)10-7-5-4-6-8-10;1-2/h4-8,11-12H,3H2,1-2H3;1-2H3. The number of nitrogens with one attached hydrogen (secondary N) is 1. The molecular formula is C13H21NO. The van der Waals surface area contributed by atoms with Crippen molar-refractivity contribution in [1.82, 2.24) is 5.32 Å². The van der Waals surface area contributed by atoms with Gasteiger partial charge in [0.1, 0.15) is 0 Å². The lowest BCUT2D eigenvalue weighted by atomic mass is 10.0. The van der Waals surface area contributed by atoms with Crippen molar-refractivity contribution >= 4 is 5.78 Å². The second-order valence-electron chi connectivity index (χ2n) is 3.01. The van der Waals surface area contributed by atoms with E-state index in [1.54, 1.807) is 6.92 Å². The Morgan fingerprint density at radius 2 is 1.80 bits per heavy atom. The molecule has 0 bridgehead atoms. The molecule has 0 aliphatic rings. The third-order valence-corrected chi connectivity index (χ3v) is 1.95. The second kappa shape index (κ2) is 8.18. The first-order valence-electron chi connectivity index (χ1n) is 5.54. The van der Waals surface area contributed by atoms with Gasteiger partial charge in [-0.1, -0.05) is 51.1 Å². The molecule has 2 nitrogen and oxygen atoms in total. The van der Waals surface area contributed by atoms with Gasteiger partial charge in [-0.2, -0.15) is 0 Å². The molecule has 1 aromatic rings. The minimum atomic E-state index is -0.147. The molecule has 0 saturated heterocycles. The maximum Gasteiger partial charge on any atom is 0.151 e. The number of likely N-dealkylation sites (N-methyl/N-ethyl adjacent to an activating group) is 1. The van der Waals surface area contributed by atoms with Crippen LogP contribution in [0.15, 0.2) is 30.3 Å². The summed E-state index contributed by atoms with van der Waals surface area (Å²) in [4.78, 5) is 11.3. The summed E-state index contributed by atoms with van der Waals surface area (Å²) in [6, 6.07) is 9.63. The zero-order chi connectivity index (χ0) is 11.7. The van der Waals surface area contributed by atoms with Crippen molar-refractivity contribution in [3.8, 4) is 0 Å². The van der Waals surface area contributed by atoms with Crippen LogP contribution >= 0.6 is 0 Å². The fourth-order valence-corrected chi connectivity index (χ4v) is 1.35. The molecule has 0 aliphatic heterocycles. The zero-order valence-electron chi connectivity index (χ0n) is 10.1. The van der Waals surface area contributed by atoms with Crippen molar-refractivity contribution in [3.05, 3.63) is 35.9 Å². The highest BCUT2D eigenvalue weighted by molar-refractivity contribution is 5.82. The molecular weight excluding hydrogens is 186 g/mol. The van der Waals surface area contributed by atoms with Gasteiger partial charge >= 0.3 is 0 Å². The van der Waals surface area contributed by atoms with Crippen LogP contribution in [0.4, 0.5) is 0 Å². The maximum atomic E-state index is 11.3. The van der Waals surface area contributed by atoms with Gasteiger partial charge in [0.15, 0.2) is 5.78 Å². The van der Waals surface area contributed by atoms with Crippen LogP contribution < -0.4 is 5.32 Å². The average molecular weight is 207 g/mol. The van der Waals surface area contributed by atoms with Crippen molar-refractivity contribution in [2.75, 3.05) is 6.54 Å². The molecule has 0 radical (unpaired) electrons. The molecule has 0 amide bonds. The van der Waals surface area contributed by atoms with Crippen molar-refractivity contribution in [2.45, 2.75) is 33.7 Å². The number of hydrogen-bond acceptors (Lipinski definition) is 2. The van der Waals surface area contributed by atoms with E-state index >= 15 is 0 Å². The fourth-order valence-electron chi connectivity index (χ4n) is 1.35. The van der Waals surface area contributed by atoms with Gasteiger partial charge in [0, 0.05) is 0 Å². The highest BCUT2D eigenvalue weighted by Gasteiger charge is 2.13. The Labute approximate surface area is 92.7 Å². The van der Waals surface area contributed by atoms with Gasteiger partial charge in [-0.3, -0.25) is 4.79 Å². The van der Waals surface area contributed by atoms with E-state index in [1.165, 1.54) is 0 Å². The Morgan fingerprint density at radius 3 is 2.20 bits per heavy atom. The molecule has 84 valence electrons. The number of benzene rings is 1. The molecule has 1 unspecified atom stereocenters. The summed E-state index contributed by atoms with van der Waals surface area (Å²) in [5, 5.41) is 3.15. The lowest BCUT2D eigenvalue weighted by Gasteiger charge is -2.14. The zero-order valence-corrected chi connectivity index (χ0v) is 10.1. The maximum absolute atomic E-state index is 11.3. The van der Waals surface area contributed by atoms with Gasteiger partial charge < -0.3 is 5.32 Å². The molecule has 1 aromatic carbocycles. The van der Waals surface area contributed by atoms with Crippen LogP contribution in [0.5, 0.6) is 0 Å². The van der Waals surface area contributed by atoms with Crippen molar-refractivity contribution in [3.63, 3.8) is 0 Å². The number of Topliss-reactive ketones (excluding diaryl/α,β-unsaturated/α-hetero) is 1. The van der Waals surface area contributed by atoms with Gasteiger partial charge in [-0.25, -0.2) is 0 Å². The van der Waals surface area contributed by atoms with E-state index < -0.39 is 0 Å². The first kappa shape index (κ1) is 13.8. The van der Waals surface area contributed by atoms with Gasteiger partial charge in [0.25, 0.3) is 0 Å². The van der Waals surface area contributed by atoms with Gasteiger partial charge in [0.05, 0.1) is 6.04 Å². The average Bonchev–Trinajstić information content (AvgIpc) is 2.29. The summed E-state index contributed by atoms with van der Waals surface area (Å²) in [6.07, 6.45) is 0. The van der Waals surface area contributed by atoms with E-state index in [-0.39, 0.29) is 11.8 Å². The van der Waals surface area contributed by atoms with Crippen LogP contribution in [0, 0.1) is 0 Å². The Bertz CT molecular complexity index is 269. The van der Waals surface area contributed by atoms with Crippen LogP contribution in [0.25, 0.3) is 0 Å². The molecule has 0 heterocycles. The van der Waals surface area contributed by atoms with Crippen LogP contribution in [0.1, 0.15) is 39.3 Å². The number of carbonyl (C=O) groups is 1. The minimum absolute atomic E-state index is 0.147. The summed E-state index contributed by atoms with van der Waals surface area (Å²) in [6.45, 7) is 8.42. The second-order valence-corrected chi connectivity index (χ2v) is 3.01. The topological polar surface area (TPSA) is 29.1 Å². The van der Waals surface area contributed by atoms with Crippen molar-refractivity contribution in [2.24, 2.45) is 0 Å². The van der Waals surface area contributed by atoms with Crippen molar-refractivity contribution < 1.29 is 4.79 Å². The first-order valence-corrected chi connectivity index (χ1v) is 5.54. The highest BCUT2D eigenvalue weighted by Crippen LogP contribution is 2.12. The van der Waals surface area contributed by atoms with E-state index in [9.17, 15) is 4.79 Å². The Kier molecular flexibility index (Phi) is 7.56. The molecule has 0 saturated carbocycles. The number of rotatable bonds is 4. The highest BCUT2D eigenvalue weighted by atomic mass is 16.1. The van der Waals surface area contributed by atoms with Gasteiger partial charge in [-0.05, 0) is 19.0 Å². The molecule has 0 aromatic heterocycles. The lowest BCUT2D eigenvalue weighted by Crippen LogP contribution is -2.26. The third-order valence-electron chi connectivity index (χ3n) is 1.95. The van der Waals surface area contributed by atoms with E-state index in [2.05, 4.69) is 5.32 Å². The lowest BCUT2D eigenvalue weighted by molar-refractivity contribution is -0.119. The quantitative estimate of drug-likeness (QED) is 0.822. The molecule has 15 heavy (non-hydrogen) atoms. The largest absolute Gasteiger partial charge is 0.304 e. The van der Waals surface area contributed by atoms with Gasteiger partial charge in [0.2, 0.25) is 0 Å². The molecule has 1 rings (SSSR count). The Morgan fingerprint density at radius 1 is 1.27 bits per heavy atom. The van der Waals surface area contributed by atoms with Crippen LogP contribution in [0.3, 0.4) is 0 Å². The molecule has 0 spiro atoms. The monoisotopic (exact) mass is 207 g/mol. The summed E-state index contributed by atoms with van der Waals surface area (Å²) >= 11 is 0. The summed E-state index contributed by atoms with van der Waals surface area (Å²) in [7, 11) is 0. The molecule has 1 atom stereocenters. The molecule has 2 heteroatoms. The summed E-state index contributed by atoms with van der Waals surface area (Å²) in [5.41, 5.74) is 1.04. The Hall–Kier alpha value is -1.15. The van der Waals surface area contributed by atoms with E-state index in [0.29, 0.717) is 0 Å². The summed E-state index contributed by atoms with van der Waals surface area (Å²) < 4.78 is 0. The van der Waals surface area contributed by atoms with E-state index in [4.69, 9.17) is 0 Å². The van der Waals surface area contributed by atoms with Crippen LogP contribution in [-0.4, -0.2) is 12.3 Å².